The van der Waals surface area contributed by atoms with Crippen LogP contribution < -0.4 is 20.0 Å². The molecule has 0 bridgehead atoms. The molecular weight excluding hydrogens is 391 g/mol. The molecule has 1 atom stereocenters. The van der Waals surface area contributed by atoms with E-state index in [1.54, 1.807) is 29.2 Å². The number of alkyl halides is 1. The van der Waals surface area contributed by atoms with E-state index in [1.165, 1.54) is 4.90 Å². The monoisotopic (exact) mass is 414 g/mol. The number of hydrogen-bond donors (Lipinski definition) is 1. The van der Waals surface area contributed by atoms with Crippen LogP contribution in [0.15, 0.2) is 24.3 Å². The van der Waals surface area contributed by atoms with Crippen molar-refractivity contribution >= 4 is 29.5 Å². The third-order valence-electron chi connectivity index (χ3n) is 5.17. The summed E-state index contributed by atoms with van der Waals surface area (Å²) in [5.74, 6) is 1.14. The van der Waals surface area contributed by atoms with Gasteiger partial charge in [-0.15, -0.1) is 0 Å². The number of cyclic esters (lactones) is 1. The van der Waals surface area contributed by atoms with Gasteiger partial charge >= 0.3 is 6.09 Å². The number of anilines is 3. The molecule has 0 unspecified atom stereocenters. The molecule has 0 radical (unpaired) electrons. The van der Waals surface area contributed by atoms with Crippen LogP contribution in [0.5, 0.6) is 0 Å². The minimum atomic E-state index is -0.738. The van der Waals surface area contributed by atoms with Crippen LogP contribution in [-0.2, 0) is 17.8 Å². The lowest BCUT2D eigenvalue weighted by Crippen LogP contribution is -2.36. The highest BCUT2D eigenvalue weighted by atomic mass is 19.1. The van der Waals surface area contributed by atoms with Gasteiger partial charge in [0.05, 0.1) is 17.8 Å². The van der Waals surface area contributed by atoms with Crippen molar-refractivity contribution in [2.24, 2.45) is 0 Å². The van der Waals surface area contributed by atoms with Gasteiger partial charge in [-0.05, 0) is 25.2 Å². The second-order valence-corrected chi connectivity index (χ2v) is 7.38. The summed E-state index contributed by atoms with van der Waals surface area (Å²) in [6.07, 6.45) is -0.644. The molecule has 158 valence electrons. The fourth-order valence-corrected chi connectivity index (χ4v) is 3.63. The lowest BCUT2D eigenvalue weighted by molar-refractivity contribution is 0.0996. The molecule has 2 aliphatic rings. The molecule has 0 aromatic carbocycles. The Bertz CT molecular complexity index is 999. The van der Waals surface area contributed by atoms with E-state index in [0.717, 1.165) is 11.3 Å². The molecule has 2 aromatic rings. The number of pyridine rings is 2. The molecule has 0 spiro atoms. The Morgan fingerprint density at radius 1 is 1.27 bits per heavy atom. The van der Waals surface area contributed by atoms with E-state index >= 15 is 0 Å². The maximum atomic E-state index is 13.3. The zero-order chi connectivity index (χ0) is 21.4. The number of nitrogens with one attached hydrogen (secondary N) is 1. The van der Waals surface area contributed by atoms with Gasteiger partial charge < -0.3 is 15.0 Å². The Morgan fingerprint density at radius 3 is 2.73 bits per heavy atom. The third kappa shape index (κ3) is 3.32. The fraction of sp³-hybridized carbons (Fsp3) is 0.400. The summed E-state index contributed by atoms with van der Waals surface area (Å²) in [4.78, 5) is 38.9. The van der Waals surface area contributed by atoms with E-state index in [9.17, 15) is 14.0 Å². The van der Waals surface area contributed by atoms with Gasteiger partial charge in [0.1, 0.15) is 36.8 Å². The van der Waals surface area contributed by atoms with Crippen molar-refractivity contribution in [1.82, 2.24) is 15.3 Å². The van der Waals surface area contributed by atoms with Crippen molar-refractivity contribution < 1.29 is 18.7 Å². The quantitative estimate of drug-likeness (QED) is 0.770. The lowest BCUT2D eigenvalue weighted by Gasteiger charge is -2.21. The van der Waals surface area contributed by atoms with Crippen molar-refractivity contribution in [3.63, 3.8) is 0 Å². The van der Waals surface area contributed by atoms with E-state index in [-0.39, 0.29) is 18.3 Å². The van der Waals surface area contributed by atoms with Crippen LogP contribution in [0.25, 0.3) is 0 Å². The van der Waals surface area contributed by atoms with Gasteiger partial charge in [0, 0.05) is 26.2 Å². The number of aromatic nitrogens is 2. The van der Waals surface area contributed by atoms with Crippen LogP contribution in [-0.4, -0.2) is 62.4 Å². The Hall–Kier alpha value is -3.27. The number of carbonyl (C=O) groups is 2. The molecule has 2 aromatic heterocycles. The minimum Gasteiger partial charge on any atom is -0.447 e. The molecular formula is C20H23FN6O3. The summed E-state index contributed by atoms with van der Waals surface area (Å²) < 4.78 is 18.2. The largest absolute Gasteiger partial charge is 0.447 e. The molecule has 2 amide bonds. The first-order chi connectivity index (χ1) is 14.4. The smallest absolute Gasteiger partial charge is 0.416 e. The molecule has 1 N–H and O–H groups in total. The second kappa shape index (κ2) is 7.86. The summed E-state index contributed by atoms with van der Waals surface area (Å²) in [6, 6.07) is 6.03. The predicted molar refractivity (Wildman–Crippen MR) is 110 cm³/mol. The maximum Gasteiger partial charge on any atom is 0.416 e. The van der Waals surface area contributed by atoms with E-state index < -0.39 is 18.8 Å². The number of carbonyl (C=O) groups excluding carboxylic acids is 2. The molecule has 30 heavy (non-hydrogen) atoms. The first-order valence-electron chi connectivity index (χ1n) is 9.60. The van der Waals surface area contributed by atoms with E-state index in [1.807, 2.05) is 26.0 Å². The van der Waals surface area contributed by atoms with Crippen LogP contribution in [0, 0.1) is 0 Å². The number of nitrogens with zero attached hydrogens (tertiary/aromatic N) is 5. The van der Waals surface area contributed by atoms with Gasteiger partial charge in [0.2, 0.25) is 0 Å². The highest BCUT2D eigenvalue weighted by molar-refractivity contribution is 6.10. The van der Waals surface area contributed by atoms with Crippen molar-refractivity contribution in [3.05, 3.63) is 41.1 Å². The Labute approximate surface area is 173 Å². The van der Waals surface area contributed by atoms with Crippen LogP contribution >= 0.6 is 0 Å². The number of halogens is 1. The average molecular weight is 414 g/mol. The first kappa shape index (κ1) is 20.0. The van der Waals surface area contributed by atoms with Gasteiger partial charge in [0.25, 0.3) is 5.91 Å². The molecule has 1 fully saturated rings. The molecule has 0 saturated carbocycles. The van der Waals surface area contributed by atoms with Gasteiger partial charge in [-0.2, -0.15) is 0 Å². The standard InChI is InChI=1S/C20H23FN6O3/c1-22-9-15-14-10-26(19(28)13(14)7-18(23-15)25(2)3)16-5-4-6-17(24-16)27-12(8-21)11-30-20(27)29/h4-7,12,22H,8-11H2,1-3H3/t12-/m0/s1. The van der Waals surface area contributed by atoms with Crippen LogP contribution in [0.3, 0.4) is 0 Å². The number of amides is 2. The second-order valence-electron chi connectivity index (χ2n) is 7.38. The fourth-order valence-electron chi connectivity index (χ4n) is 3.63. The van der Waals surface area contributed by atoms with Crippen molar-refractivity contribution in [1.29, 1.82) is 0 Å². The number of fused-ring (bicyclic) bond motifs is 1. The van der Waals surface area contributed by atoms with E-state index in [4.69, 9.17) is 4.74 Å². The third-order valence-corrected chi connectivity index (χ3v) is 5.17. The summed E-state index contributed by atoms with van der Waals surface area (Å²) in [7, 11) is 5.57. The molecule has 9 nitrogen and oxygen atoms in total. The van der Waals surface area contributed by atoms with E-state index in [2.05, 4.69) is 15.3 Å². The van der Waals surface area contributed by atoms with Crippen molar-refractivity contribution in [2.75, 3.05) is 49.1 Å². The first-order valence-corrected chi connectivity index (χ1v) is 9.60. The summed E-state index contributed by atoms with van der Waals surface area (Å²) in [5.41, 5.74) is 2.22. The van der Waals surface area contributed by atoms with Crippen molar-refractivity contribution in [3.8, 4) is 0 Å². The van der Waals surface area contributed by atoms with Crippen LogP contribution in [0.1, 0.15) is 21.6 Å². The zero-order valence-electron chi connectivity index (χ0n) is 17.1. The topological polar surface area (TPSA) is 90.9 Å². The van der Waals surface area contributed by atoms with Gasteiger partial charge in [-0.25, -0.2) is 19.2 Å². The lowest BCUT2D eigenvalue weighted by atomic mass is 10.1. The molecule has 10 heteroatoms. The summed E-state index contributed by atoms with van der Waals surface area (Å²) in [6.45, 7) is 0.0789. The Morgan fingerprint density at radius 2 is 2.03 bits per heavy atom. The minimum absolute atomic E-state index is 0.0261. The number of ether oxygens (including phenoxy) is 1. The highest BCUT2D eigenvalue weighted by Gasteiger charge is 2.37. The summed E-state index contributed by atoms with van der Waals surface area (Å²) >= 11 is 0. The maximum absolute atomic E-state index is 13.3. The van der Waals surface area contributed by atoms with E-state index in [0.29, 0.717) is 30.3 Å². The van der Waals surface area contributed by atoms with Crippen LogP contribution in [0.4, 0.5) is 26.6 Å². The summed E-state index contributed by atoms with van der Waals surface area (Å²) in [5, 5.41) is 3.09. The van der Waals surface area contributed by atoms with Crippen molar-refractivity contribution in [2.45, 2.75) is 19.1 Å². The Kier molecular flexibility index (Phi) is 5.25. The van der Waals surface area contributed by atoms with Crippen LogP contribution in [0.2, 0.25) is 0 Å². The molecule has 2 aliphatic heterocycles. The highest BCUT2D eigenvalue weighted by Crippen LogP contribution is 2.32. The molecule has 1 saturated heterocycles. The zero-order valence-corrected chi connectivity index (χ0v) is 17.1. The SMILES string of the molecule is CNCc1nc(N(C)C)cc2c1CN(c1cccc(N3C(=O)OC[C@@H]3CF)n1)C2=O. The molecule has 0 aliphatic carbocycles. The predicted octanol–water partition coefficient (Wildman–Crippen LogP) is 1.72. The number of hydrogen-bond acceptors (Lipinski definition) is 7. The molecule has 4 heterocycles. The number of rotatable bonds is 6. The van der Waals surface area contributed by atoms with Gasteiger partial charge in [-0.1, -0.05) is 6.07 Å². The Balaban J connectivity index is 1.70. The van der Waals surface area contributed by atoms with Gasteiger partial charge in [0.15, 0.2) is 0 Å². The molecule has 4 rings (SSSR count). The average Bonchev–Trinajstić information content (AvgIpc) is 3.28. The van der Waals surface area contributed by atoms with Gasteiger partial charge in [-0.3, -0.25) is 14.6 Å². The normalized spacial score (nSPS) is 18.1.